The van der Waals surface area contributed by atoms with E-state index in [0.29, 0.717) is 6.61 Å². The summed E-state index contributed by atoms with van der Waals surface area (Å²) in [6.45, 7) is 0.420. The second-order valence-corrected chi connectivity index (χ2v) is 6.44. The highest BCUT2D eigenvalue weighted by molar-refractivity contribution is 5.14. The summed E-state index contributed by atoms with van der Waals surface area (Å²) in [6.07, 6.45) is 9.10. The zero-order chi connectivity index (χ0) is 12.4. The van der Waals surface area contributed by atoms with Gasteiger partial charge >= 0.3 is 0 Å². The molecule has 2 aliphatic carbocycles. The lowest BCUT2D eigenvalue weighted by atomic mass is 9.70. The fourth-order valence-electron chi connectivity index (χ4n) is 4.43. The molecule has 1 aromatic carbocycles. The Bertz CT molecular complexity index is 386. The fourth-order valence-corrected chi connectivity index (χ4v) is 4.43. The second kappa shape index (κ2) is 5.05. The van der Waals surface area contributed by atoms with Gasteiger partial charge in [0.25, 0.3) is 0 Å². The fraction of sp³-hybridized carbons (Fsp3) is 0.647. The van der Waals surface area contributed by atoms with E-state index in [-0.39, 0.29) is 5.41 Å². The van der Waals surface area contributed by atoms with E-state index in [1.54, 1.807) is 0 Å². The van der Waals surface area contributed by atoms with Crippen molar-refractivity contribution in [1.82, 2.24) is 0 Å². The molecule has 0 amide bonds. The highest BCUT2D eigenvalue weighted by Gasteiger charge is 2.49. The van der Waals surface area contributed by atoms with Crippen molar-refractivity contribution in [2.24, 2.45) is 17.3 Å². The van der Waals surface area contributed by atoms with E-state index in [2.05, 4.69) is 30.3 Å². The van der Waals surface area contributed by atoms with Gasteiger partial charge in [-0.25, -0.2) is 0 Å². The third kappa shape index (κ3) is 2.21. The first-order chi connectivity index (χ1) is 8.82. The lowest BCUT2D eigenvalue weighted by Crippen LogP contribution is -2.31. The Labute approximate surface area is 110 Å². The Morgan fingerprint density at radius 1 is 1.17 bits per heavy atom. The van der Waals surface area contributed by atoms with Crippen molar-refractivity contribution in [3.05, 3.63) is 35.9 Å². The summed E-state index contributed by atoms with van der Waals surface area (Å²) in [7, 11) is 0. The number of aliphatic hydroxyl groups is 1. The number of benzene rings is 1. The molecule has 3 unspecified atom stereocenters. The van der Waals surface area contributed by atoms with Gasteiger partial charge in [-0.1, -0.05) is 36.8 Å². The zero-order valence-corrected chi connectivity index (χ0v) is 11.1. The van der Waals surface area contributed by atoms with Gasteiger partial charge in [0.15, 0.2) is 0 Å². The van der Waals surface area contributed by atoms with Crippen LogP contribution in [0.5, 0.6) is 0 Å². The van der Waals surface area contributed by atoms with Crippen LogP contribution in [0.1, 0.15) is 44.1 Å². The molecule has 98 valence electrons. The molecule has 3 atom stereocenters. The normalized spacial score (nSPS) is 34.1. The second-order valence-electron chi connectivity index (χ2n) is 6.44. The van der Waals surface area contributed by atoms with E-state index in [0.717, 1.165) is 11.8 Å². The standard InChI is InChI=1S/C17H24O/c18-13-17(12-15-8-9-16(17)11-15)10-4-7-14-5-2-1-3-6-14/h1-3,5-6,15-16,18H,4,7-13H2. The smallest absolute Gasteiger partial charge is 0.0490 e. The number of aryl methyl sites for hydroxylation is 1. The molecule has 2 aliphatic rings. The molecule has 18 heavy (non-hydrogen) atoms. The van der Waals surface area contributed by atoms with Crippen molar-refractivity contribution in [2.45, 2.75) is 44.9 Å². The summed E-state index contributed by atoms with van der Waals surface area (Å²) in [5.74, 6) is 1.75. The summed E-state index contributed by atoms with van der Waals surface area (Å²) in [4.78, 5) is 0. The first-order valence-corrected chi connectivity index (χ1v) is 7.47. The van der Waals surface area contributed by atoms with Crippen LogP contribution < -0.4 is 0 Å². The Morgan fingerprint density at radius 2 is 2.00 bits per heavy atom. The van der Waals surface area contributed by atoms with E-state index in [1.807, 2.05) is 0 Å². The lowest BCUT2D eigenvalue weighted by Gasteiger charge is -2.36. The zero-order valence-electron chi connectivity index (χ0n) is 11.1. The van der Waals surface area contributed by atoms with Gasteiger partial charge < -0.3 is 5.11 Å². The Hall–Kier alpha value is -0.820. The molecular formula is C17H24O. The summed E-state index contributed by atoms with van der Waals surface area (Å²) in [5, 5.41) is 9.84. The molecule has 1 N–H and O–H groups in total. The van der Waals surface area contributed by atoms with Gasteiger partial charge in [0.1, 0.15) is 0 Å². The monoisotopic (exact) mass is 244 g/mol. The maximum absolute atomic E-state index is 9.84. The lowest BCUT2D eigenvalue weighted by molar-refractivity contribution is 0.0544. The van der Waals surface area contributed by atoms with Gasteiger partial charge in [0.05, 0.1) is 0 Å². The maximum atomic E-state index is 9.84. The van der Waals surface area contributed by atoms with Gasteiger partial charge in [-0.2, -0.15) is 0 Å². The molecule has 2 fully saturated rings. The number of hydrogen-bond donors (Lipinski definition) is 1. The van der Waals surface area contributed by atoms with E-state index in [1.165, 1.54) is 50.5 Å². The molecule has 0 radical (unpaired) electrons. The van der Waals surface area contributed by atoms with Gasteiger partial charge in [0.2, 0.25) is 0 Å². The van der Waals surface area contributed by atoms with Gasteiger partial charge in [-0.3, -0.25) is 0 Å². The first-order valence-electron chi connectivity index (χ1n) is 7.47. The first kappa shape index (κ1) is 12.2. The molecule has 2 bridgehead atoms. The minimum absolute atomic E-state index is 0.289. The molecular weight excluding hydrogens is 220 g/mol. The molecule has 1 aromatic rings. The predicted octanol–water partition coefficient (Wildman–Crippen LogP) is 3.81. The quantitative estimate of drug-likeness (QED) is 0.835. The molecule has 3 rings (SSSR count). The van der Waals surface area contributed by atoms with Crippen LogP contribution in [-0.4, -0.2) is 11.7 Å². The number of rotatable bonds is 5. The third-order valence-corrected chi connectivity index (χ3v) is 5.40. The highest BCUT2D eigenvalue weighted by Crippen LogP contribution is 2.57. The molecule has 0 heterocycles. The van der Waals surface area contributed by atoms with E-state index < -0.39 is 0 Å². The highest BCUT2D eigenvalue weighted by atomic mass is 16.3. The number of aliphatic hydroxyl groups excluding tert-OH is 1. The van der Waals surface area contributed by atoms with Crippen molar-refractivity contribution in [3.8, 4) is 0 Å². The summed E-state index contributed by atoms with van der Waals surface area (Å²) >= 11 is 0. The molecule has 0 saturated heterocycles. The van der Waals surface area contributed by atoms with E-state index in [4.69, 9.17) is 0 Å². The average Bonchev–Trinajstić information content (AvgIpc) is 3.01. The van der Waals surface area contributed by atoms with Gasteiger partial charge in [-0.05, 0) is 61.3 Å². The van der Waals surface area contributed by atoms with Crippen LogP contribution in [0, 0.1) is 17.3 Å². The van der Waals surface area contributed by atoms with Crippen LogP contribution in [-0.2, 0) is 6.42 Å². The van der Waals surface area contributed by atoms with Crippen LogP contribution in [0.3, 0.4) is 0 Å². The van der Waals surface area contributed by atoms with Crippen LogP contribution in [0.2, 0.25) is 0 Å². The Kier molecular flexibility index (Phi) is 3.43. The van der Waals surface area contributed by atoms with Gasteiger partial charge in [-0.15, -0.1) is 0 Å². The predicted molar refractivity (Wildman–Crippen MR) is 74.3 cm³/mol. The topological polar surface area (TPSA) is 20.2 Å². The summed E-state index contributed by atoms with van der Waals surface area (Å²) in [6, 6.07) is 10.7. The van der Waals surface area contributed by atoms with Gasteiger partial charge in [0, 0.05) is 6.61 Å². The minimum atomic E-state index is 0.289. The van der Waals surface area contributed by atoms with Crippen LogP contribution in [0.15, 0.2) is 30.3 Å². The van der Waals surface area contributed by atoms with Crippen molar-refractivity contribution in [1.29, 1.82) is 0 Å². The third-order valence-electron chi connectivity index (χ3n) is 5.40. The van der Waals surface area contributed by atoms with E-state index >= 15 is 0 Å². The Morgan fingerprint density at radius 3 is 2.61 bits per heavy atom. The van der Waals surface area contributed by atoms with Crippen molar-refractivity contribution >= 4 is 0 Å². The number of hydrogen-bond acceptors (Lipinski definition) is 1. The van der Waals surface area contributed by atoms with Crippen molar-refractivity contribution < 1.29 is 5.11 Å². The Balaban J connectivity index is 1.56. The maximum Gasteiger partial charge on any atom is 0.0490 e. The molecule has 0 aromatic heterocycles. The SMILES string of the molecule is OCC1(CCCc2ccccc2)CC2CCC1C2. The summed E-state index contributed by atoms with van der Waals surface area (Å²) in [5.41, 5.74) is 1.73. The molecule has 0 spiro atoms. The van der Waals surface area contributed by atoms with Crippen LogP contribution in [0.25, 0.3) is 0 Å². The van der Waals surface area contributed by atoms with Crippen molar-refractivity contribution in [2.75, 3.05) is 6.61 Å². The minimum Gasteiger partial charge on any atom is -0.396 e. The molecule has 1 nitrogen and oxygen atoms in total. The van der Waals surface area contributed by atoms with Crippen LogP contribution in [0.4, 0.5) is 0 Å². The van der Waals surface area contributed by atoms with E-state index in [9.17, 15) is 5.11 Å². The van der Waals surface area contributed by atoms with Crippen LogP contribution >= 0.6 is 0 Å². The summed E-state index contributed by atoms with van der Waals surface area (Å²) < 4.78 is 0. The molecule has 1 heteroatoms. The average molecular weight is 244 g/mol. The van der Waals surface area contributed by atoms with Crippen molar-refractivity contribution in [3.63, 3.8) is 0 Å². The number of fused-ring (bicyclic) bond motifs is 2. The molecule has 0 aliphatic heterocycles. The molecule has 2 saturated carbocycles. The largest absolute Gasteiger partial charge is 0.396 e.